The number of ether oxygens (including phenoxy) is 2. The second kappa shape index (κ2) is 7.10. The molecule has 0 aliphatic carbocycles. The van der Waals surface area contributed by atoms with E-state index in [1.165, 1.54) is 16.8 Å². The fourth-order valence-corrected chi connectivity index (χ4v) is 2.30. The molecule has 0 atom stereocenters. The largest absolute Gasteiger partial charge is 0.459 e. The summed E-state index contributed by atoms with van der Waals surface area (Å²) in [6.07, 6.45) is 1.37. The van der Waals surface area contributed by atoms with Gasteiger partial charge in [0.15, 0.2) is 0 Å². The van der Waals surface area contributed by atoms with Gasteiger partial charge in [0.05, 0.1) is 12.7 Å². The zero-order valence-corrected chi connectivity index (χ0v) is 13.2. The first-order chi connectivity index (χ1) is 9.25. The Hall–Kier alpha value is -1.05. The first-order valence-electron chi connectivity index (χ1n) is 6.19. The molecule has 114 valence electrons. The topological polar surface area (TPSA) is 74.6 Å². The third-order valence-corrected chi connectivity index (χ3v) is 3.79. The standard InChI is InChI=1S/C12H18ClNO5S/c1-4-14-8-10(20(13,16)17)7-11(14)12(15)19-6-5-18-9(2)3/h7-9H,4-6H2,1-3H3. The maximum Gasteiger partial charge on any atom is 0.355 e. The summed E-state index contributed by atoms with van der Waals surface area (Å²) in [6, 6.07) is 1.21. The van der Waals surface area contributed by atoms with Gasteiger partial charge in [0.2, 0.25) is 0 Å². The van der Waals surface area contributed by atoms with Gasteiger partial charge in [0, 0.05) is 23.4 Å². The Labute approximate surface area is 123 Å². The van der Waals surface area contributed by atoms with Gasteiger partial charge in [-0.1, -0.05) is 0 Å². The Morgan fingerprint density at radius 3 is 2.55 bits per heavy atom. The van der Waals surface area contributed by atoms with Crippen LogP contribution in [0.5, 0.6) is 0 Å². The summed E-state index contributed by atoms with van der Waals surface area (Å²) in [5.74, 6) is -0.606. The molecule has 8 heteroatoms. The lowest BCUT2D eigenvalue weighted by atomic mass is 10.4. The molecule has 1 heterocycles. The maximum atomic E-state index is 11.9. The minimum atomic E-state index is -3.87. The van der Waals surface area contributed by atoms with Crippen molar-refractivity contribution in [1.82, 2.24) is 4.57 Å². The summed E-state index contributed by atoms with van der Waals surface area (Å²) in [6.45, 7) is 6.36. The Kier molecular flexibility index (Phi) is 6.04. The number of halogens is 1. The predicted molar refractivity (Wildman–Crippen MR) is 74.5 cm³/mol. The molecule has 6 nitrogen and oxygen atoms in total. The van der Waals surface area contributed by atoms with Crippen molar-refractivity contribution in [2.24, 2.45) is 0 Å². The van der Waals surface area contributed by atoms with Gasteiger partial charge in [-0.05, 0) is 26.8 Å². The van der Waals surface area contributed by atoms with Crippen LogP contribution in [0.15, 0.2) is 17.2 Å². The van der Waals surface area contributed by atoms with Crippen molar-refractivity contribution in [1.29, 1.82) is 0 Å². The Balaban J connectivity index is 2.75. The van der Waals surface area contributed by atoms with Crippen LogP contribution in [-0.4, -0.2) is 38.3 Å². The van der Waals surface area contributed by atoms with E-state index in [-0.39, 0.29) is 29.9 Å². The number of nitrogens with zero attached hydrogens (tertiary/aromatic N) is 1. The second-order valence-electron chi connectivity index (χ2n) is 4.34. The lowest BCUT2D eigenvalue weighted by Gasteiger charge is -2.09. The molecule has 0 radical (unpaired) electrons. The minimum Gasteiger partial charge on any atom is -0.459 e. The highest BCUT2D eigenvalue weighted by Gasteiger charge is 2.20. The predicted octanol–water partition coefficient (Wildman–Crippen LogP) is 2.02. The molecule has 1 aromatic rings. The van der Waals surface area contributed by atoms with Gasteiger partial charge in [-0.3, -0.25) is 0 Å². The van der Waals surface area contributed by atoms with E-state index in [4.69, 9.17) is 20.2 Å². The molecule has 1 aromatic heterocycles. The van der Waals surface area contributed by atoms with Gasteiger partial charge >= 0.3 is 5.97 Å². The van der Waals surface area contributed by atoms with Crippen LogP contribution in [0.2, 0.25) is 0 Å². The highest BCUT2D eigenvalue weighted by molar-refractivity contribution is 8.13. The van der Waals surface area contributed by atoms with Gasteiger partial charge in [-0.25, -0.2) is 13.2 Å². The number of carbonyl (C=O) groups is 1. The highest BCUT2D eigenvalue weighted by Crippen LogP contribution is 2.19. The van der Waals surface area contributed by atoms with Crippen molar-refractivity contribution in [3.63, 3.8) is 0 Å². The summed E-state index contributed by atoms with van der Waals surface area (Å²) in [5.41, 5.74) is 0.149. The summed E-state index contributed by atoms with van der Waals surface area (Å²) >= 11 is 0. The zero-order chi connectivity index (χ0) is 15.3. The number of rotatable bonds is 7. The second-order valence-corrected chi connectivity index (χ2v) is 6.91. The average molecular weight is 324 g/mol. The van der Waals surface area contributed by atoms with E-state index in [9.17, 15) is 13.2 Å². The molecule has 0 fully saturated rings. The van der Waals surface area contributed by atoms with Gasteiger partial charge < -0.3 is 14.0 Å². The van der Waals surface area contributed by atoms with Crippen LogP contribution in [0.25, 0.3) is 0 Å². The average Bonchev–Trinajstić information content (AvgIpc) is 2.78. The van der Waals surface area contributed by atoms with Crippen molar-refractivity contribution < 1.29 is 22.7 Å². The van der Waals surface area contributed by atoms with E-state index in [1.807, 2.05) is 13.8 Å². The highest BCUT2D eigenvalue weighted by atomic mass is 35.7. The fraction of sp³-hybridized carbons (Fsp3) is 0.583. The first-order valence-corrected chi connectivity index (χ1v) is 8.50. The molecule has 0 amide bonds. The van der Waals surface area contributed by atoms with E-state index in [1.54, 1.807) is 6.92 Å². The molecular formula is C12H18ClNO5S. The third kappa shape index (κ3) is 4.81. The Bertz CT molecular complexity index is 564. The molecule has 0 saturated heterocycles. The van der Waals surface area contributed by atoms with Crippen LogP contribution in [0.1, 0.15) is 31.3 Å². The number of hydrogen-bond acceptors (Lipinski definition) is 5. The number of aryl methyl sites for hydroxylation is 1. The van der Waals surface area contributed by atoms with Crippen molar-refractivity contribution in [2.45, 2.75) is 38.3 Å². The number of hydrogen-bond donors (Lipinski definition) is 0. The zero-order valence-electron chi connectivity index (χ0n) is 11.6. The SMILES string of the molecule is CCn1cc(S(=O)(=O)Cl)cc1C(=O)OCCOC(C)C. The van der Waals surface area contributed by atoms with E-state index in [0.29, 0.717) is 6.54 Å². The van der Waals surface area contributed by atoms with E-state index >= 15 is 0 Å². The lowest BCUT2D eigenvalue weighted by molar-refractivity contribution is 0.0169. The molecule has 0 aromatic carbocycles. The lowest BCUT2D eigenvalue weighted by Crippen LogP contribution is -2.16. The van der Waals surface area contributed by atoms with Gasteiger partial charge in [0.25, 0.3) is 9.05 Å². The van der Waals surface area contributed by atoms with Gasteiger partial charge in [-0.15, -0.1) is 0 Å². The van der Waals surface area contributed by atoms with E-state index in [2.05, 4.69) is 0 Å². The Morgan fingerprint density at radius 1 is 1.40 bits per heavy atom. The van der Waals surface area contributed by atoms with Crippen molar-refractivity contribution in [3.05, 3.63) is 18.0 Å². The Morgan fingerprint density at radius 2 is 2.05 bits per heavy atom. The van der Waals surface area contributed by atoms with Crippen LogP contribution in [-0.2, 0) is 25.1 Å². The number of aromatic nitrogens is 1. The molecule has 0 N–H and O–H groups in total. The summed E-state index contributed by atoms with van der Waals surface area (Å²) in [7, 11) is 1.39. The monoisotopic (exact) mass is 323 g/mol. The third-order valence-electron chi connectivity index (χ3n) is 2.47. The van der Waals surface area contributed by atoms with Gasteiger partial charge in [-0.2, -0.15) is 0 Å². The van der Waals surface area contributed by atoms with Crippen LogP contribution < -0.4 is 0 Å². The van der Waals surface area contributed by atoms with E-state index < -0.39 is 15.0 Å². The molecular weight excluding hydrogens is 306 g/mol. The molecule has 0 spiro atoms. The molecule has 0 aliphatic heterocycles. The van der Waals surface area contributed by atoms with Crippen molar-refractivity contribution in [3.8, 4) is 0 Å². The fourth-order valence-electron chi connectivity index (χ4n) is 1.54. The molecule has 0 aliphatic rings. The van der Waals surface area contributed by atoms with Crippen LogP contribution in [0.4, 0.5) is 0 Å². The number of esters is 1. The number of carbonyl (C=O) groups excluding carboxylic acids is 1. The smallest absolute Gasteiger partial charge is 0.355 e. The molecule has 0 saturated carbocycles. The quantitative estimate of drug-likeness (QED) is 0.436. The molecule has 20 heavy (non-hydrogen) atoms. The van der Waals surface area contributed by atoms with Gasteiger partial charge in [0.1, 0.15) is 17.2 Å². The molecule has 1 rings (SSSR count). The van der Waals surface area contributed by atoms with Crippen LogP contribution in [0, 0.1) is 0 Å². The summed E-state index contributed by atoms with van der Waals surface area (Å²) in [4.78, 5) is 11.8. The van der Waals surface area contributed by atoms with Crippen LogP contribution in [0.3, 0.4) is 0 Å². The minimum absolute atomic E-state index is 0.0567. The van der Waals surface area contributed by atoms with E-state index in [0.717, 1.165) is 0 Å². The normalized spacial score (nSPS) is 11.8. The maximum absolute atomic E-state index is 11.9. The van der Waals surface area contributed by atoms with Crippen molar-refractivity contribution >= 4 is 25.7 Å². The van der Waals surface area contributed by atoms with Crippen LogP contribution >= 0.6 is 10.7 Å². The first kappa shape index (κ1) is 17.0. The molecule has 0 unspecified atom stereocenters. The molecule has 0 bridgehead atoms. The summed E-state index contributed by atoms with van der Waals surface area (Å²) in [5, 5.41) is 0. The van der Waals surface area contributed by atoms with Crippen molar-refractivity contribution in [2.75, 3.05) is 13.2 Å². The summed E-state index contributed by atoms with van der Waals surface area (Å²) < 4.78 is 34.2.